The van der Waals surface area contributed by atoms with Crippen LogP contribution in [-0.2, 0) is 9.53 Å². The van der Waals surface area contributed by atoms with Crippen molar-refractivity contribution in [3.05, 3.63) is 54.2 Å². The van der Waals surface area contributed by atoms with Gasteiger partial charge in [-0.3, -0.25) is 4.79 Å². The van der Waals surface area contributed by atoms with E-state index in [4.69, 9.17) is 9.47 Å². The number of hydrogen-bond donors (Lipinski definition) is 2. The smallest absolute Gasteiger partial charge is 0.319 e. The molecule has 2 N–H and O–H groups in total. The van der Waals surface area contributed by atoms with Gasteiger partial charge in [0, 0.05) is 32.7 Å². The Morgan fingerprint density at radius 3 is 2.69 bits per heavy atom. The maximum Gasteiger partial charge on any atom is 0.319 e. The number of pyridine rings is 1. The number of likely N-dealkylation sites (tertiary alicyclic amines) is 1. The molecule has 1 saturated heterocycles. The van der Waals surface area contributed by atoms with Crippen LogP contribution in [0.3, 0.4) is 0 Å². The number of carbonyl (C=O) groups excluding carboxylic acids is 2. The second-order valence-electron chi connectivity index (χ2n) is 6.73. The summed E-state index contributed by atoms with van der Waals surface area (Å²) in [6.45, 7) is 2.05. The number of hydrogen-bond acceptors (Lipinski definition) is 5. The number of anilines is 1. The quantitative estimate of drug-likeness (QED) is 0.634. The molecule has 3 amide bonds. The lowest BCUT2D eigenvalue weighted by Crippen LogP contribution is -2.40. The Morgan fingerprint density at radius 1 is 1.21 bits per heavy atom. The fourth-order valence-corrected chi connectivity index (χ4v) is 3.13. The van der Waals surface area contributed by atoms with Crippen molar-refractivity contribution in [3.63, 3.8) is 0 Å². The molecule has 1 unspecified atom stereocenters. The molecule has 3 rings (SSSR count). The van der Waals surface area contributed by atoms with Crippen LogP contribution in [0.1, 0.15) is 24.4 Å². The topological polar surface area (TPSA) is 92.8 Å². The Balaban J connectivity index is 1.60. The van der Waals surface area contributed by atoms with Crippen molar-refractivity contribution < 1.29 is 19.1 Å². The van der Waals surface area contributed by atoms with Crippen LogP contribution in [0.15, 0.2) is 48.7 Å². The molecule has 1 fully saturated rings. The van der Waals surface area contributed by atoms with Crippen molar-refractivity contribution in [1.82, 2.24) is 15.2 Å². The maximum atomic E-state index is 12.5. The Morgan fingerprint density at radius 2 is 2.03 bits per heavy atom. The molecule has 0 radical (unpaired) electrons. The van der Waals surface area contributed by atoms with Crippen LogP contribution in [0.2, 0.25) is 0 Å². The molecule has 8 nitrogen and oxygen atoms in total. The van der Waals surface area contributed by atoms with Gasteiger partial charge in [0.05, 0.1) is 24.5 Å². The molecule has 1 aromatic heterocycles. The van der Waals surface area contributed by atoms with Gasteiger partial charge in [-0.25, -0.2) is 9.78 Å². The largest absolute Gasteiger partial charge is 0.475 e. The van der Waals surface area contributed by atoms with Gasteiger partial charge < -0.3 is 25.0 Å². The molecule has 154 valence electrons. The first-order valence-corrected chi connectivity index (χ1v) is 9.64. The minimum absolute atomic E-state index is 0.126. The molecular formula is C21H26N4O4. The number of ether oxygens (including phenoxy) is 2. The van der Waals surface area contributed by atoms with Crippen molar-refractivity contribution in [3.8, 4) is 5.88 Å². The van der Waals surface area contributed by atoms with Crippen LogP contribution in [0.5, 0.6) is 5.88 Å². The van der Waals surface area contributed by atoms with Gasteiger partial charge in [-0.05, 0) is 18.1 Å². The first-order chi connectivity index (χ1) is 14.2. The zero-order valence-electron chi connectivity index (χ0n) is 16.5. The van der Waals surface area contributed by atoms with Crippen molar-refractivity contribution in [1.29, 1.82) is 0 Å². The number of nitrogens with zero attached hydrogens (tertiary/aromatic N) is 2. The second kappa shape index (κ2) is 10.4. The lowest BCUT2D eigenvalue weighted by Gasteiger charge is -2.25. The number of benzene rings is 1. The van der Waals surface area contributed by atoms with Gasteiger partial charge in [-0.1, -0.05) is 30.3 Å². The third-order valence-corrected chi connectivity index (χ3v) is 4.61. The van der Waals surface area contributed by atoms with E-state index in [0.29, 0.717) is 37.7 Å². The monoisotopic (exact) mass is 398 g/mol. The molecule has 2 aromatic rings. The number of nitrogens with one attached hydrogen (secondary N) is 2. The number of amides is 3. The van der Waals surface area contributed by atoms with E-state index in [-0.39, 0.29) is 18.0 Å². The number of rotatable bonds is 9. The summed E-state index contributed by atoms with van der Waals surface area (Å²) < 4.78 is 10.3. The Hall–Kier alpha value is -3.13. The lowest BCUT2D eigenvalue weighted by atomic mass is 10.1. The molecule has 29 heavy (non-hydrogen) atoms. The molecule has 1 aromatic carbocycles. The molecule has 1 atom stereocenters. The van der Waals surface area contributed by atoms with Crippen LogP contribution >= 0.6 is 0 Å². The molecule has 8 heteroatoms. The SMILES string of the molecule is COCCOc1ccc(NC(=O)NC(CN2CCCC2=O)c2ccccc2)cn1. The molecule has 2 heterocycles. The Labute approximate surface area is 170 Å². The number of carbonyl (C=O) groups is 2. The van der Waals surface area contributed by atoms with E-state index in [1.807, 2.05) is 30.3 Å². The zero-order valence-corrected chi connectivity index (χ0v) is 16.5. The van der Waals surface area contributed by atoms with Crippen LogP contribution in [0.25, 0.3) is 0 Å². The van der Waals surface area contributed by atoms with Gasteiger partial charge in [0.1, 0.15) is 6.61 Å². The van der Waals surface area contributed by atoms with E-state index in [9.17, 15) is 9.59 Å². The van der Waals surface area contributed by atoms with Crippen LogP contribution in [0.4, 0.5) is 10.5 Å². The molecule has 0 saturated carbocycles. The van der Waals surface area contributed by atoms with E-state index in [1.165, 1.54) is 6.20 Å². The van der Waals surface area contributed by atoms with E-state index in [1.54, 1.807) is 24.1 Å². The normalized spacial score (nSPS) is 14.5. The Bertz CT molecular complexity index is 798. The fourth-order valence-electron chi connectivity index (χ4n) is 3.13. The fraction of sp³-hybridized carbons (Fsp3) is 0.381. The number of aromatic nitrogens is 1. The minimum Gasteiger partial charge on any atom is -0.475 e. The predicted octanol–water partition coefficient (Wildman–Crippen LogP) is 2.59. The van der Waals surface area contributed by atoms with E-state index >= 15 is 0 Å². The summed E-state index contributed by atoms with van der Waals surface area (Å²) in [5, 5.41) is 5.74. The lowest BCUT2D eigenvalue weighted by molar-refractivity contribution is -0.128. The van der Waals surface area contributed by atoms with E-state index in [2.05, 4.69) is 15.6 Å². The summed E-state index contributed by atoms with van der Waals surface area (Å²) in [7, 11) is 1.60. The zero-order chi connectivity index (χ0) is 20.5. The standard InChI is InChI=1S/C21H26N4O4/c1-28-12-13-29-19-10-9-17(14-22-19)23-21(27)24-18(16-6-3-2-4-7-16)15-25-11-5-8-20(25)26/h2-4,6-7,9-10,14,18H,5,8,11-13,15H2,1H3,(H2,23,24,27). The van der Waals surface area contributed by atoms with Gasteiger partial charge in [-0.15, -0.1) is 0 Å². The van der Waals surface area contributed by atoms with Crippen molar-refractivity contribution in [2.75, 3.05) is 38.7 Å². The minimum atomic E-state index is -0.361. The summed E-state index contributed by atoms with van der Waals surface area (Å²) in [5.74, 6) is 0.587. The van der Waals surface area contributed by atoms with Gasteiger partial charge in [-0.2, -0.15) is 0 Å². The summed E-state index contributed by atoms with van der Waals surface area (Å²) >= 11 is 0. The third-order valence-electron chi connectivity index (χ3n) is 4.61. The van der Waals surface area contributed by atoms with Crippen LogP contribution < -0.4 is 15.4 Å². The van der Waals surface area contributed by atoms with Crippen LogP contribution in [-0.4, -0.2) is 55.2 Å². The third kappa shape index (κ3) is 6.18. The second-order valence-corrected chi connectivity index (χ2v) is 6.73. The molecule has 0 aliphatic carbocycles. The van der Waals surface area contributed by atoms with Gasteiger partial charge in [0.15, 0.2) is 0 Å². The van der Waals surface area contributed by atoms with Gasteiger partial charge >= 0.3 is 6.03 Å². The number of urea groups is 1. The molecule has 0 spiro atoms. The highest BCUT2D eigenvalue weighted by molar-refractivity contribution is 5.89. The summed E-state index contributed by atoms with van der Waals surface area (Å²) in [6.07, 6.45) is 2.96. The Kier molecular flexibility index (Phi) is 7.40. The first kappa shape index (κ1) is 20.6. The first-order valence-electron chi connectivity index (χ1n) is 9.64. The number of methoxy groups -OCH3 is 1. The van der Waals surface area contributed by atoms with Crippen molar-refractivity contribution in [2.24, 2.45) is 0 Å². The average Bonchev–Trinajstić information content (AvgIpc) is 3.14. The maximum absolute atomic E-state index is 12.5. The molecule has 0 bridgehead atoms. The molecular weight excluding hydrogens is 372 g/mol. The van der Waals surface area contributed by atoms with Gasteiger partial charge in [0.25, 0.3) is 0 Å². The highest BCUT2D eigenvalue weighted by Crippen LogP contribution is 2.19. The summed E-state index contributed by atoms with van der Waals surface area (Å²) in [5.41, 5.74) is 1.49. The highest BCUT2D eigenvalue weighted by Gasteiger charge is 2.25. The summed E-state index contributed by atoms with van der Waals surface area (Å²) in [6, 6.07) is 12.4. The molecule has 1 aliphatic rings. The highest BCUT2D eigenvalue weighted by atomic mass is 16.5. The van der Waals surface area contributed by atoms with Gasteiger partial charge in [0.2, 0.25) is 11.8 Å². The predicted molar refractivity (Wildman–Crippen MR) is 109 cm³/mol. The van der Waals surface area contributed by atoms with Crippen LogP contribution in [0, 0.1) is 0 Å². The average molecular weight is 398 g/mol. The van der Waals surface area contributed by atoms with E-state index in [0.717, 1.165) is 18.5 Å². The summed E-state index contributed by atoms with van der Waals surface area (Å²) in [4.78, 5) is 30.5. The molecule has 1 aliphatic heterocycles. The van der Waals surface area contributed by atoms with Crippen molar-refractivity contribution in [2.45, 2.75) is 18.9 Å². The van der Waals surface area contributed by atoms with E-state index < -0.39 is 0 Å². The van der Waals surface area contributed by atoms with Crippen molar-refractivity contribution >= 4 is 17.6 Å².